The summed E-state index contributed by atoms with van der Waals surface area (Å²) in [7, 11) is 0. The van der Waals surface area contributed by atoms with Gasteiger partial charge in [-0.25, -0.2) is 14.4 Å². The number of anilines is 1. The number of aromatic nitrogens is 2. The Hall–Kier alpha value is -2.05. The van der Waals surface area contributed by atoms with E-state index in [2.05, 4.69) is 20.2 Å². The molecular weight excluding hydrogens is 281 g/mol. The summed E-state index contributed by atoms with van der Waals surface area (Å²) in [6.45, 7) is 3.74. The van der Waals surface area contributed by atoms with E-state index in [1.165, 1.54) is 12.1 Å². The van der Waals surface area contributed by atoms with Crippen molar-refractivity contribution >= 4 is 5.95 Å². The van der Waals surface area contributed by atoms with E-state index in [-0.39, 0.29) is 11.9 Å². The molecule has 0 radical (unpaired) electrons. The quantitative estimate of drug-likeness (QED) is 0.890. The fraction of sp³-hybridized carbons (Fsp3) is 0.375. The molecule has 1 aromatic carbocycles. The van der Waals surface area contributed by atoms with Crippen LogP contribution in [0.5, 0.6) is 0 Å². The lowest BCUT2D eigenvalue weighted by atomic mass is 10.0. The van der Waals surface area contributed by atoms with Crippen LogP contribution in [0.4, 0.5) is 10.3 Å². The van der Waals surface area contributed by atoms with Crippen LogP contribution in [0.25, 0.3) is 0 Å². The molecule has 1 aliphatic heterocycles. The second kappa shape index (κ2) is 6.81. The summed E-state index contributed by atoms with van der Waals surface area (Å²) in [5, 5.41) is 3.30. The Morgan fingerprint density at radius 1 is 1.14 bits per heavy atom. The lowest BCUT2D eigenvalue weighted by molar-refractivity contribution is 0.578. The highest BCUT2D eigenvalue weighted by atomic mass is 19.1. The van der Waals surface area contributed by atoms with Crippen LogP contribution in [0.1, 0.15) is 17.2 Å². The number of nitrogens with zero attached hydrogens (tertiary/aromatic N) is 3. The molecule has 3 N–H and O–H groups in total. The maximum atomic E-state index is 12.9. The monoisotopic (exact) mass is 301 g/mol. The fourth-order valence-electron chi connectivity index (χ4n) is 2.54. The van der Waals surface area contributed by atoms with Crippen LogP contribution >= 0.6 is 0 Å². The Morgan fingerprint density at radius 3 is 2.41 bits per heavy atom. The third-order valence-electron chi connectivity index (χ3n) is 3.86. The molecule has 5 nitrogen and oxygen atoms in total. The highest BCUT2D eigenvalue weighted by molar-refractivity contribution is 5.31. The van der Waals surface area contributed by atoms with Gasteiger partial charge in [0.1, 0.15) is 5.82 Å². The van der Waals surface area contributed by atoms with Gasteiger partial charge in [0.25, 0.3) is 0 Å². The van der Waals surface area contributed by atoms with Gasteiger partial charge < -0.3 is 16.0 Å². The smallest absolute Gasteiger partial charge is 0.225 e. The Balaban J connectivity index is 1.65. The Labute approximate surface area is 129 Å². The van der Waals surface area contributed by atoms with E-state index in [0.717, 1.165) is 43.3 Å². The number of nitrogens with two attached hydrogens (primary N) is 1. The van der Waals surface area contributed by atoms with Gasteiger partial charge in [0.15, 0.2) is 0 Å². The fourth-order valence-corrected chi connectivity index (χ4v) is 2.54. The number of benzene rings is 1. The zero-order chi connectivity index (χ0) is 15.4. The number of piperazine rings is 1. The highest BCUT2D eigenvalue weighted by Gasteiger charge is 2.14. The standard InChI is InChI=1S/C16H20FN5/c17-14-3-1-12(2-4-14)9-15(18)13-10-20-16(21-11-13)22-7-5-19-6-8-22/h1-4,10-11,15,19H,5-9,18H2. The molecular formula is C16H20FN5. The van der Waals surface area contributed by atoms with Gasteiger partial charge in [-0.05, 0) is 24.1 Å². The van der Waals surface area contributed by atoms with Gasteiger partial charge >= 0.3 is 0 Å². The van der Waals surface area contributed by atoms with Crippen LogP contribution in [-0.2, 0) is 6.42 Å². The van der Waals surface area contributed by atoms with Crippen molar-refractivity contribution in [2.45, 2.75) is 12.5 Å². The lowest BCUT2D eigenvalue weighted by Gasteiger charge is -2.27. The second-order valence-corrected chi connectivity index (χ2v) is 5.49. The minimum Gasteiger partial charge on any atom is -0.338 e. The average molecular weight is 301 g/mol. The van der Waals surface area contributed by atoms with E-state index in [1.54, 1.807) is 24.5 Å². The van der Waals surface area contributed by atoms with Gasteiger partial charge in [-0.3, -0.25) is 0 Å². The molecule has 0 spiro atoms. The van der Waals surface area contributed by atoms with Gasteiger partial charge in [0, 0.05) is 50.2 Å². The summed E-state index contributed by atoms with van der Waals surface area (Å²) >= 11 is 0. The first kappa shape index (κ1) is 14.9. The minimum atomic E-state index is -0.235. The molecule has 1 aromatic heterocycles. The number of hydrogen-bond acceptors (Lipinski definition) is 5. The third-order valence-corrected chi connectivity index (χ3v) is 3.86. The Bertz CT molecular complexity index is 593. The summed E-state index contributed by atoms with van der Waals surface area (Å²) in [4.78, 5) is 11.0. The van der Waals surface area contributed by atoms with Crippen molar-refractivity contribution in [2.24, 2.45) is 5.73 Å². The van der Waals surface area contributed by atoms with Crippen LogP contribution in [0.15, 0.2) is 36.7 Å². The van der Waals surface area contributed by atoms with Crippen LogP contribution in [0.3, 0.4) is 0 Å². The molecule has 1 atom stereocenters. The minimum absolute atomic E-state index is 0.192. The number of nitrogens with one attached hydrogen (secondary N) is 1. The molecule has 0 saturated carbocycles. The van der Waals surface area contributed by atoms with Crippen molar-refractivity contribution in [3.8, 4) is 0 Å². The van der Waals surface area contributed by atoms with Crippen molar-refractivity contribution in [1.29, 1.82) is 0 Å². The molecule has 6 heteroatoms. The van der Waals surface area contributed by atoms with Crippen molar-refractivity contribution in [3.63, 3.8) is 0 Å². The van der Waals surface area contributed by atoms with Crippen molar-refractivity contribution in [3.05, 3.63) is 53.6 Å². The summed E-state index contributed by atoms with van der Waals surface area (Å²) < 4.78 is 12.9. The van der Waals surface area contributed by atoms with E-state index in [0.29, 0.717) is 6.42 Å². The summed E-state index contributed by atoms with van der Waals surface area (Å²) in [6, 6.07) is 6.22. The van der Waals surface area contributed by atoms with Crippen LogP contribution < -0.4 is 16.0 Å². The van der Waals surface area contributed by atoms with E-state index in [1.807, 2.05) is 0 Å². The first-order valence-electron chi connectivity index (χ1n) is 7.50. The van der Waals surface area contributed by atoms with Crippen molar-refractivity contribution in [2.75, 3.05) is 31.1 Å². The molecule has 22 heavy (non-hydrogen) atoms. The van der Waals surface area contributed by atoms with Crippen molar-refractivity contribution in [1.82, 2.24) is 15.3 Å². The van der Waals surface area contributed by atoms with Gasteiger partial charge in [-0.15, -0.1) is 0 Å². The highest BCUT2D eigenvalue weighted by Crippen LogP contribution is 2.17. The molecule has 3 rings (SSSR count). The summed E-state index contributed by atoms with van der Waals surface area (Å²) in [5.41, 5.74) is 8.09. The van der Waals surface area contributed by atoms with Gasteiger partial charge in [0.05, 0.1) is 0 Å². The summed E-state index contributed by atoms with van der Waals surface area (Å²) in [6.07, 6.45) is 4.22. The molecule has 0 bridgehead atoms. The number of hydrogen-bond donors (Lipinski definition) is 2. The SMILES string of the molecule is NC(Cc1ccc(F)cc1)c1cnc(N2CCNCC2)nc1. The topological polar surface area (TPSA) is 67.1 Å². The van der Waals surface area contributed by atoms with Gasteiger partial charge in [-0.2, -0.15) is 0 Å². The summed E-state index contributed by atoms with van der Waals surface area (Å²) in [5.74, 6) is 0.514. The normalized spacial score (nSPS) is 16.5. The number of halogens is 1. The maximum absolute atomic E-state index is 12.9. The van der Waals surface area contributed by atoms with E-state index < -0.39 is 0 Å². The largest absolute Gasteiger partial charge is 0.338 e. The molecule has 0 aliphatic carbocycles. The number of rotatable bonds is 4. The van der Waals surface area contributed by atoms with E-state index in [9.17, 15) is 4.39 Å². The predicted octanol–water partition coefficient (Wildman–Crippen LogP) is 1.27. The molecule has 1 aliphatic rings. The average Bonchev–Trinajstić information content (AvgIpc) is 2.58. The van der Waals surface area contributed by atoms with Crippen LogP contribution in [0.2, 0.25) is 0 Å². The van der Waals surface area contributed by atoms with E-state index >= 15 is 0 Å². The molecule has 116 valence electrons. The lowest BCUT2D eigenvalue weighted by Crippen LogP contribution is -2.44. The second-order valence-electron chi connectivity index (χ2n) is 5.49. The molecule has 1 unspecified atom stereocenters. The molecule has 2 aromatic rings. The maximum Gasteiger partial charge on any atom is 0.225 e. The van der Waals surface area contributed by atoms with Gasteiger partial charge in [-0.1, -0.05) is 12.1 Å². The zero-order valence-corrected chi connectivity index (χ0v) is 12.4. The predicted molar refractivity (Wildman–Crippen MR) is 84.1 cm³/mol. The Kier molecular flexibility index (Phi) is 4.60. The first-order valence-corrected chi connectivity index (χ1v) is 7.50. The molecule has 0 amide bonds. The van der Waals surface area contributed by atoms with Gasteiger partial charge in [0.2, 0.25) is 5.95 Å². The Morgan fingerprint density at radius 2 is 1.77 bits per heavy atom. The molecule has 1 fully saturated rings. The first-order chi connectivity index (χ1) is 10.7. The van der Waals surface area contributed by atoms with E-state index in [4.69, 9.17) is 5.73 Å². The van der Waals surface area contributed by atoms with Crippen molar-refractivity contribution < 1.29 is 4.39 Å². The zero-order valence-electron chi connectivity index (χ0n) is 12.4. The van der Waals surface area contributed by atoms with Crippen LogP contribution in [0, 0.1) is 5.82 Å². The molecule has 2 heterocycles. The van der Waals surface area contributed by atoms with Crippen LogP contribution in [-0.4, -0.2) is 36.1 Å². The third kappa shape index (κ3) is 3.58. The molecule has 1 saturated heterocycles.